The van der Waals surface area contributed by atoms with Gasteiger partial charge in [0.15, 0.2) is 0 Å². The van der Waals surface area contributed by atoms with Crippen molar-refractivity contribution < 1.29 is 9.31 Å². The Kier molecular flexibility index (Phi) is 4.99. The van der Waals surface area contributed by atoms with Gasteiger partial charge < -0.3 is 11.5 Å². The van der Waals surface area contributed by atoms with Crippen LogP contribution in [-0.4, -0.2) is 11.5 Å². The number of halogens is 1. The molecule has 0 bridgehead atoms. The highest BCUT2D eigenvalue weighted by atomic mass is 19.1. The maximum absolute atomic E-state index is 12.9. The van der Waals surface area contributed by atoms with E-state index in [9.17, 15) is 14.5 Å². The Balaban J connectivity index is 2.84. The Bertz CT molecular complexity index is 398. The molecule has 1 rings (SSSR count). The van der Waals surface area contributed by atoms with Crippen LogP contribution in [0.2, 0.25) is 0 Å². The Morgan fingerprint density at radius 2 is 2.12 bits per heavy atom. The minimum absolute atomic E-state index is 0.259. The van der Waals surface area contributed by atoms with Gasteiger partial charge in [0.25, 0.3) is 5.69 Å². The molecule has 0 aliphatic rings. The third kappa shape index (κ3) is 3.76. The van der Waals surface area contributed by atoms with E-state index in [0.29, 0.717) is 18.5 Å². The van der Waals surface area contributed by atoms with Crippen LogP contribution in [0.4, 0.5) is 10.1 Å². The fraction of sp³-hybridized carbons (Fsp3) is 0.455. The second kappa shape index (κ2) is 6.27. The van der Waals surface area contributed by atoms with Crippen LogP contribution in [0.5, 0.6) is 0 Å². The first-order valence-corrected chi connectivity index (χ1v) is 5.45. The van der Waals surface area contributed by atoms with Gasteiger partial charge in [0.05, 0.1) is 11.0 Å². The molecule has 1 aromatic carbocycles. The molecule has 0 aromatic heterocycles. The van der Waals surface area contributed by atoms with Gasteiger partial charge in [-0.25, -0.2) is 4.39 Å². The van der Waals surface area contributed by atoms with Gasteiger partial charge in [-0.1, -0.05) is 6.42 Å². The molecule has 0 amide bonds. The van der Waals surface area contributed by atoms with E-state index < -0.39 is 16.8 Å². The van der Waals surface area contributed by atoms with Gasteiger partial charge in [-0.15, -0.1) is 0 Å². The predicted molar refractivity (Wildman–Crippen MR) is 62.9 cm³/mol. The largest absolute Gasteiger partial charge is 0.330 e. The molecule has 0 fully saturated rings. The van der Waals surface area contributed by atoms with E-state index in [2.05, 4.69) is 0 Å². The summed E-state index contributed by atoms with van der Waals surface area (Å²) in [5.41, 5.74) is 11.3. The normalized spacial score (nSPS) is 12.4. The zero-order valence-electron chi connectivity index (χ0n) is 9.43. The van der Waals surface area contributed by atoms with Crippen molar-refractivity contribution >= 4 is 5.69 Å². The van der Waals surface area contributed by atoms with Crippen molar-refractivity contribution in [1.82, 2.24) is 0 Å². The highest BCUT2D eigenvalue weighted by molar-refractivity contribution is 5.42. The second-order valence-corrected chi connectivity index (χ2v) is 3.85. The fourth-order valence-corrected chi connectivity index (χ4v) is 1.65. The Morgan fingerprint density at radius 1 is 1.41 bits per heavy atom. The first-order chi connectivity index (χ1) is 8.06. The average Bonchev–Trinajstić information content (AvgIpc) is 2.29. The van der Waals surface area contributed by atoms with Crippen molar-refractivity contribution in [3.8, 4) is 0 Å². The summed E-state index contributed by atoms with van der Waals surface area (Å²) in [4.78, 5) is 10.2. The van der Waals surface area contributed by atoms with Crippen molar-refractivity contribution in [1.29, 1.82) is 0 Å². The number of hydrogen-bond donors (Lipinski definition) is 2. The molecule has 1 aromatic rings. The molecular weight excluding hydrogens is 225 g/mol. The van der Waals surface area contributed by atoms with Crippen LogP contribution in [0.15, 0.2) is 18.2 Å². The van der Waals surface area contributed by atoms with Crippen LogP contribution in [0.25, 0.3) is 0 Å². The van der Waals surface area contributed by atoms with E-state index >= 15 is 0 Å². The minimum Gasteiger partial charge on any atom is -0.330 e. The van der Waals surface area contributed by atoms with E-state index in [0.717, 1.165) is 18.9 Å². The molecule has 0 saturated carbocycles. The summed E-state index contributed by atoms with van der Waals surface area (Å²) in [5, 5.41) is 10.8. The number of unbranched alkanes of at least 4 members (excludes halogenated alkanes) is 1. The third-order valence-electron chi connectivity index (χ3n) is 2.56. The van der Waals surface area contributed by atoms with Gasteiger partial charge in [-0.05, 0) is 31.5 Å². The van der Waals surface area contributed by atoms with Crippen LogP contribution >= 0.6 is 0 Å². The highest BCUT2D eigenvalue weighted by Gasteiger charge is 2.19. The van der Waals surface area contributed by atoms with Crippen molar-refractivity contribution in [2.75, 3.05) is 6.54 Å². The molecule has 0 aliphatic carbocycles. The summed E-state index contributed by atoms with van der Waals surface area (Å²) in [6.45, 7) is 0.568. The highest BCUT2D eigenvalue weighted by Crippen LogP contribution is 2.27. The lowest BCUT2D eigenvalue weighted by Gasteiger charge is -2.11. The van der Waals surface area contributed by atoms with Gasteiger partial charge >= 0.3 is 0 Å². The van der Waals surface area contributed by atoms with Gasteiger partial charge in [0, 0.05) is 11.6 Å². The molecule has 4 N–H and O–H groups in total. The van der Waals surface area contributed by atoms with E-state index in [1.54, 1.807) is 0 Å². The number of benzene rings is 1. The van der Waals surface area contributed by atoms with Crippen LogP contribution in [0, 0.1) is 15.9 Å². The molecule has 94 valence electrons. The number of hydrogen-bond acceptors (Lipinski definition) is 4. The average molecular weight is 241 g/mol. The molecule has 6 heteroatoms. The van der Waals surface area contributed by atoms with Gasteiger partial charge in [-0.2, -0.15) is 0 Å². The van der Waals surface area contributed by atoms with Crippen molar-refractivity contribution in [3.63, 3.8) is 0 Å². The number of nitro benzene ring substituents is 1. The number of nitrogens with zero attached hydrogens (tertiary/aromatic N) is 1. The number of rotatable bonds is 6. The molecule has 0 heterocycles. The van der Waals surface area contributed by atoms with Crippen molar-refractivity contribution in [3.05, 3.63) is 39.7 Å². The van der Waals surface area contributed by atoms with E-state index in [1.807, 2.05) is 0 Å². The predicted octanol–water partition coefficient (Wildman–Crippen LogP) is 1.86. The smallest absolute Gasteiger partial charge is 0.277 e. The fourth-order valence-electron chi connectivity index (χ4n) is 1.65. The second-order valence-electron chi connectivity index (χ2n) is 3.85. The molecule has 5 nitrogen and oxygen atoms in total. The van der Waals surface area contributed by atoms with Crippen LogP contribution in [-0.2, 0) is 0 Å². The topological polar surface area (TPSA) is 95.2 Å². The first kappa shape index (κ1) is 13.5. The molecule has 0 spiro atoms. The quantitative estimate of drug-likeness (QED) is 0.451. The maximum atomic E-state index is 12.9. The SMILES string of the molecule is NCCCC[C@H](N)c1ccc(F)cc1[N+](=O)[O-]. The lowest BCUT2D eigenvalue weighted by molar-refractivity contribution is -0.385. The van der Waals surface area contributed by atoms with E-state index in [1.165, 1.54) is 12.1 Å². The maximum Gasteiger partial charge on any atom is 0.277 e. The zero-order chi connectivity index (χ0) is 12.8. The number of nitro groups is 1. The standard InChI is InChI=1S/C11H16FN3O2/c12-8-4-5-9(11(7-8)15(16)17)10(14)3-1-2-6-13/h4-5,7,10H,1-3,6,13-14H2/t10-/m0/s1. The molecule has 0 aliphatic heterocycles. The minimum atomic E-state index is -0.630. The Morgan fingerprint density at radius 3 is 2.71 bits per heavy atom. The number of nitrogens with two attached hydrogens (primary N) is 2. The molecule has 0 saturated heterocycles. The molecule has 1 atom stereocenters. The van der Waals surface area contributed by atoms with Gasteiger partial charge in [0.1, 0.15) is 5.82 Å². The summed E-state index contributed by atoms with van der Waals surface area (Å²) in [6, 6.07) is 3.01. The van der Waals surface area contributed by atoms with Crippen LogP contribution in [0.3, 0.4) is 0 Å². The third-order valence-corrected chi connectivity index (χ3v) is 2.56. The Labute approximate surface area is 98.8 Å². The summed E-state index contributed by atoms with van der Waals surface area (Å²) < 4.78 is 12.9. The van der Waals surface area contributed by atoms with Crippen LogP contribution in [0.1, 0.15) is 30.9 Å². The first-order valence-electron chi connectivity index (χ1n) is 5.45. The summed E-state index contributed by atoms with van der Waals surface area (Å²) in [5.74, 6) is -0.630. The summed E-state index contributed by atoms with van der Waals surface area (Å²) in [7, 11) is 0. The molecular formula is C11H16FN3O2. The monoisotopic (exact) mass is 241 g/mol. The molecule has 0 radical (unpaired) electrons. The molecule has 0 unspecified atom stereocenters. The lowest BCUT2D eigenvalue weighted by Crippen LogP contribution is -2.13. The van der Waals surface area contributed by atoms with E-state index in [-0.39, 0.29) is 5.69 Å². The molecule has 17 heavy (non-hydrogen) atoms. The lowest BCUT2D eigenvalue weighted by atomic mass is 10.00. The summed E-state index contributed by atoms with van der Waals surface area (Å²) >= 11 is 0. The van der Waals surface area contributed by atoms with Crippen LogP contribution < -0.4 is 11.5 Å². The van der Waals surface area contributed by atoms with Crippen molar-refractivity contribution in [2.24, 2.45) is 11.5 Å². The zero-order valence-corrected chi connectivity index (χ0v) is 9.43. The Hall–Kier alpha value is -1.53. The summed E-state index contributed by atoms with van der Waals surface area (Å²) in [6.07, 6.45) is 2.22. The van der Waals surface area contributed by atoms with Gasteiger partial charge in [0.2, 0.25) is 0 Å². The van der Waals surface area contributed by atoms with Crippen molar-refractivity contribution in [2.45, 2.75) is 25.3 Å². The van der Waals surface area contributed by atoms with E-state index in [4.69, 9.17) is 11.5 Å². The van der Waals surface area contributed by atoms with Gasteiger partial charge in [-0.3, -0.25) is 10.1 Å².